The summed E-state index contributed by atoms with van der Waals surface area (Å²) in [6, 6.07) is 0. The van der Waals surface area contributed by atoms with Crippen molar-refractivity contribution in [2.45, 2.75) is 52.4 Å². The monoisotopic (exact) mass is 172 g/mol. The van der Waals surface area contributed by atoms with E-state index in [4.69, 9.17) is 5.84 Å². The van der Waals surface area contributed by atoms with Crippen molar-refractivity contribution in [3.8, 4) is 0 Å². The summed E-state index contributed by atoms with van der Waals surface area (Å²) in [7, 11) is 0. The fraction of sp³-hybridized carbons (Fsp3) is 1.00. The lowest BCUT2D eigenvalue weighted by Crippen LogP contribution is -2.22. The van der Waals surface area contributed by atoms with E-state index in [9.17, 15) is 0 Å². The van der Waals surface area contributed by atoms with Crippen LogP contribution in [0.25, 0.3) is 0 Å². The van der Waals surface area contributed by atoms with Gasteiger partial charge in [-0.25, -0.2) is 0 Å². The van der Waals surface area contributed by atoms with Gasteiger partial charge in [0.1, 0.15) is 0 Å². The summed E-state index contributed by atoms with van der Waals surface area (Å²) in [5.74, 6) is 6.03. The Hall–Kier alpha value is -0.0800. The molecule has 0 heterocycles. The molecule has 0 unspecified atom stereocenters. The van der Waals surface area contributed by atoms with E-state index in [1.807, 2.05) is 0 Å². The highest BCUT2D eigenvalue weighted by Crippen LogP contribution is 2.09. The third kappa shape index (κ3) is 9.92. The molecule has 0 aromatic carbocycles. The largest absolute Gasteiger partial charge is 0.271 e. The van der Waals surface area contributed by atoms with Crippen molar-refractivity contribution in [2.24, 2.45) is 11.8 Å². The first-order valence-electron chi connectivity index (χ1n) is 5.21. The lowest BCUT2D eigenvalue weighted by Gasteiger charge is -2.03. The van der Waals surface area contributed by atoms with E-state index in [0.29, 0.717) is 0 Å². The smallest absolute Gasteiger partial charge is 0.00974 e. The van der Waals surface area contributed by atoms with Crippen LogP contribution in [-0.2, 0) is 0 Å². The standard InChI is InChI=1S/C10H24N2/c1-10(2)8-6-4-3-5-7-9-12-11/h10,12H,3-9,11H2,1-2H3. The first kappa shape index (κ1) is 11.9. The molecule has 0 aliphatic heterocycles. The van der Waals surface area contributed by atoms with Gasteiger partial charge in [-0.1, -0.05) is 46.0 Å². The van der Waals surface area contributed by atoms with Crippen LogP contribution in [0, 0.1) is 5.92 Å². The Kier molecular flexibility index (Phi) is 8.95. The molecular weight excluding hydrogens is 148 g/mol. The number of rotatable bonds is 8. The molecule has 12 heavy (non-hydrogen) atoms. The fourth-order valence-electron chi connectivity index (χ4n) is 1.31. The molecule has 0 rings (SSSR count). The summed E-state index contributed by atoms with van der Waals surface area (Å²) in [6.07, 6.45) is 8.08. The quantitative estimate of drug-likeness (QED) is 0.335. The lowest BCUT2D eigenvalue weighted by atomic mass is 10.0. The van der Waals surface area contributed by atoms with Crippen LogP contribution >= 0.6 is 0 Å². The van der Waals surface area contributed by atoms with E-state index in [0.717, 1.165) is 12.5 Å². The summed E-state index contributed by atoms with van der Waals surface area (Å²) in [5.41, 5.74) is 2.68. The first-order valence-corrected chi connectivity index (χ1v) is 5.21. The van der Waals surface area contributed by atoms with E-state index in [1.54, 1.807) is 0 Å². The van der Waals surface area contributed by atoms with Crippen LogP contribution in [0.5, 0.6) is 0 Å². The van der Waals surface area contributed by atoms with Crippen LogP contribution in [0.15, 0.2) is 0 Å². The molecule has 3 N–H and O–H groups in total. The van der Waals surface area contributed by atoms with Gasteiger partial charge in [-0.05, 0) is 12.3 Å². The van der Waals surface area contributed by atoms with Crippen LogP contribution in [0.2, 0.25) is 0 Å². The van der Waals surface area contributed by atoms with Crippen LogP contribution in [-0.4, -0.2) is 6.54 Å². The van der Waals surface area contributed by atoms with Gasteiger partial charge in [0, 0.05) is 6.54 Å². The van der Waals surface area contributed by atoms with Gasteiger partial charge in [-0.2, -0.15) is 0 Å². The molecule has 0 aliphatic carbocycles. The van der Waals surface area contributed by atoms with Crippen molar-refractivity contribution in [3.63, 3.8) is 0 Å². The first-order chi connectivity index (χ1) is 5.77. The highest BCUT2D eigenvalue weighted by atomic mass is 15.2. The van der Waals surface area contributed by atoms with Gasteiger partial charge < -0.3 is 0 Å². The number of hydrogen-bond acceptors (Lipinski definition) is 2. The number of nitrogens with one attached hydrogen (secondary N) is 1. The van der Waals surface area contributed by atoms with Gasteiger partial charge in [0.2, 0.25) is 0 Å². The zero-order valence-electron chi connectivity index (χ0n) is 8.60. The predicted molar refractivity (Wildman–Crippen MR) is 54.7 cm³/mol. The molecule has 0 amide bonds. The summed E-state index contributed by atoms with van der Waals surface area (Å²) < 4.78 is 0. The minimum absolute atomic E-state index is 0.871. The van der Waals surface area contributed by atoms with Crippen LogP contribution in [0.3, 0.4) is 0 Å². The van der Waals surface area contributed by atoms with Gasteiger partial charge in [0.15, 0.2) is 0 Å². The molecule has 0 saturated carbocycles. The van der Waals surface area contributed by atoms with Crippen LogP contribution in [0.4, 0.5) is 0 Å². The van der Waals surface area contributed by atoms with Gasteiger partial charge in [0.25, 0.3) is 0 Å². The molecule has 0 aromatic heterocycles. The predicted octanol–water partition coefficient (Wildman–Crippen LogP) is 2.45. The Morgan fingerprint density at radius 3 is 2.17 bits per heavy atom. The molecule has 0 saturated heterocycles. The molecule has 0 fully saturated rings. The minimum atomic E-state index is 0.871. The van der Waals surface area contributed by atoms with Gasteiger partial charge in [0.05, 0.1) is 0 Å². The maximum atomic E-state index is 5.16. The Morgan fingerprint density at radius 1 is 1.00 bits per heavy atom. The van der Waals surface area contributed by atoms with E-state index >= 15 is 0 Å². The van der Waals surface area contributed by atoms with Crippen molar-refractivity contribution in [1.82, 2.24) is 5.43 Å². The number of hydrogen-bond donors (Lipinski definition) is 2. The van der Waals surface area contributed by atoms with Gasteiger partial charge in [-0.15, -0.1) is 0 Å². The van der Waals surface area contributed by atoms with Gasteiger partial charge >= 0.3 is 0 Å². The summed E-state index contributed by atoms with van der Waals surface area (Å²) in [6.45, 7) is 5.54. The maximum Gasteiger partial charge on any atom is 0.00974 e. The van der Waals surface area contributed by atoms with Crippen LogP contribution in [0.1, 0.15) is 52.4 Å². The highest BCUT2D eigenvalue weighted by Gasteiger charge is 1.93. The summed E-state index contributed by atoms with van der Waals surface area (Å²) >= 11 is 0. The zero-order chi connectivity index (χ0) is 9.23. The van der Waals surface area contributed by atoms with Crippen molar-refractivity contribution in [2.75, 3.05) is 6.54 Å². The fourth-order valence-corrected chi connectivity index (χ4v) is 1.31. The molecule has 0 atom stereocenters. The van der Waals surface area contributed by atoms with Crippen LogP contribution < -0.4 is 11.3 Å². The van der Waals surface area contributed by atoms with Gasteiger partial charge in [-0.3, -0.25) is 11.3 Å². The second-order valence-electron chi connectivity index (χ2n) is 3.90. The Balaban J connectivity index is 2.82. The second-order valence-corrected chi connectivity index (χ2v) is 3.90. The zero-order valence-corrected chi connectivity index (χ0v) is 8.60. The third-order valence-corrected chi connectivity index (χ3v) is 2.10. The molecule has 74 valence electrons. The minimum Gasteiger partial charge on any atom is -0.271 e. The van der Waals surface area contributed by atoms with Crippen molar-refractivity contribution < 1.29 is 0 Å². The highest BCUT2D eigenvalue weighted by molar-refractivity contribution is 4.48. The van der Waals surface area contributed by atoms with E-state index in [2.05, 4.69) is 19.3 Å². The molecular formula is C10H24N2. The molecule has 2 nitrogen and oxygen atoms in total. The summed E-state index contributed by atoms with van der Waals surface area (Å²) in [4.78, 5) is 0. The van der Waals surface area contributed by atoms with Crippen molar-refractivity contribution in [3.05, 3.63) is 0 Å². The second kappa shape index (κ2) is 9.01. The summed E-state index contributed by atoms with van der Waals surface area (Å²) in [5, 5.41) is 0. The van der Waals surface area contributed by atoms with Crippen molar-refractivity contribution >= 4 is 0 Å². The average molecular weight is 172 g/mol. The number of nitrogens with two attached hydrogens (primary N) is 1. The van der Waals surface area contributed by atoms with E-state index in [-0.39, 0.29) is 0 Å². The lowest BCUT2D eigenvalue weighted by molar-refractivity contribution is 0.511. The van der Waals surface area contributed by atoms with Crippen molar-refractivity contribution in [1.29, 1.82) is 0 Å². The molecule has 2 heteroatoms. The Morgan fingerprint density at radius 2 is 1.58 bits per heavy atom. The molecule has 0 aliphatic rings. The van der Waals surface area contributed by atoms with E-state index in [1.165, 1.54) is 38.5 Å². The number of unbranched alkanes of at least 4 members (excludes halogenated alkanes) is 4. The molecule has 0 spiro atoms. The maximum absolute atomic E-state index is 5.16. The Labute approximate surface area is 76.9 Å². The average Bonchev–Trinajstić information content (AvgIpc) is 2.02. The topological polar surface area (TPSA) is 38.0 Å². The molecule has 0 aromatic rings. The SMILES string of the molecule is CC(C)CCCCCCCNN. The third-order valence-electron chi connectivity index (χ3n) is 2.10. The molecule has 0 radical (unpaired) electrons. The molecule has 0 bridgehead atoms. The number of hydrazine groups is 1. The van der Waals surface area contributed by atoms with E-state index < -0.39 is 0 Å². The normalized spacial score (nSPS) is 11.0. The Bertz CT molecular complexity index is 81.9.